The van der Waals surface area contributed by atoms with Crippen LogP contribution < -0.4 is 26.0 Å². The molecule has 3 heterocycles. The van der Waals surface area contributed by atoms with Crippen LogP contribution in [0.25, 0.3) is 49.4 Å². The van der Waals surface area contributed by atoms with Gasteiger partial charge in [-0.2, -0.15) is 0 Å². The van der Waals surface area contributed by atoms with Crippen LogP contribution in [0.4, 0.5) is 17.1 Å². The number of hydrogen-bond donors (Lipinski definition) is 0. The van der Waals surface area contributed by atoms with Crippen LogP contribution >= 0.6 is 0 Å². The van der Waals surface area contributed by atoms with Crippen molar-refractivity contribution in [3.05, 3.63) is 174 Å². The van der Waals surface area contributed by atoms with Gasteiger partial charge < -0.3 is 14.2 Å². The van der Waals surface area contributed by atoms with E-state index >= 15 is 0 Å². The first kappa shape index (κ1) is 30.9. The van der Waals surface area contributed by atoms with Gasteiger partial charge in [0.25, 0.3) is 6.71 Å². The molecule has 9 aromatic rings. The van der Waals surface area contributed by atoms with E-state index in [4.69, 9.17) is 4.74 Å². The molecule has 0 radical (unpaired) electrons. The van der Waals surface area contributed by atoms with Gasteiger partial charge in [-0.25, -0.2) is 0 Å². The summed E-state index contributed by atoms with van der Waals surface area (Å²) in [5.41, 5.74) is 18.6. The zero-order valence-corrected chi connectivity index (χ0v) is 31.3. The highest BCUT2D eigenvalue weighted by Crippen LogP contribution is 2.55. The molecular weight excluding hydrogens is 667 g/mol. The van der Waals surface area contributed by atoms with E-state index in [-0.39, 0.29) is 12.1 Å². The highest BCUT2D eigenvalue weighted by atomic mass is 16.5. The number of hydrogen-bond acceptors (Lipinski definition) is 2. The number of anilines is 3. The molecule has 2 aliphatic heterocycles. The molecule has 3 nitrogen and oxygen atoms in total. The average molecular weight is 705 g/mol. The predicted octanol–water partition coefficient (Wildman–Crippen LogP) is 11.3. The molecule has 0 fully saturated rings. The number of benzene rings is 8. The Morgan fingerprint density at radius 1 is 0.564 bits per heavy atom. The molecule has 260 valence electrons. The molecule has 0 saturated heterocycles. The van der Waals surface area contributed by atoms with E-state index in [9.17, 15) is 0 Å². The van der Waals surface area contributed by atoms with Crippen LogP contribution in [0.1, 0.15) is 36.1 Å². The molecule has 3 aliphatic rings. The molecule has 0 bridgehead atoms. The lowest BCUT2D eigenvalue weighted by atomic mass is 9.34. The Hall–Kier alpha value is -6.52. The van der Waals surface area contributed by atoms with Gasteiger partial charge in [-0.15, -0.1) is 0 Å². The third kappa shape index (κ3) is 4.06. The maximum Gasteiger partial charge on any atom is 0.256 e. The topological polar surface area (TPSA) is 17.4 Å². The largest absolute Gasteiger partial charge is 0.458 e. The molecule has 0 spiro atoms. The lowest BCUT2D eigenvalue weighted by Crippen LogP contribution is -2.58. The SMILES string of the molecule is Cc1ccc(N(c2ccc(C)cc2)c2cc3c(c4ccccc24)-c2cc4c(cc2C3(C)C)B2c3c(cccc3-n3c5ccccc5c5cccc2c53)O4)cc1. The van der Waals surface area contributed by atoms with E-state index in [1.807, 2.05) is 0 Å². The first-order valence-electron chi connectivity index (χ1n) is 19.4. The first-order chi connectivity index (χ1) is 26.9. The van der Waals surface area contributed by atoms with Crippen LogP contribution in [-0.2, 0) is 5.41 Å². The van der Waals surface area contributed by atoms with Gasteiger partial charge in [0, 0.05) is 44.2 Å². The summed E-state index contributed by atoms with van der Waals surface area (Å²) in [7, 11) is 0. The molecular formula is C51H37BN2O. The minimum absolute atomic E-state index is 0.0612. The van der Waals surface area contributed by atoms with E-state index in [0.717, 1.165) is 22.9 Å². The van der Waals surface area contributed by atoms with Gasteiger partial charge in [-0.1, -0.05) is 122 Å². The van der Waals surface area contributed by atoms with Gasteiger partial charge in [-0.3, -0.25) is 0 Å². The molecule has 0 atom stereocenters. The van der Waals surface area contributed by atoms with Crippen molar-refractivity contribution in [1.29, 1.82) is 0 Å². The highest BCUT2D eigenvalue weighted by molar-refractivity contribution is 6.99. The average Bonchev–Trinajstić information content (AvgIpc) is 3.66. The number of ether oxygens (including phenoxy) is 1. The van der Waals surface area contributed by atoms with Crippen LogP contribution in [0.5, 0.6) is 11.5 Å². The number of aryl methyl sites for hydroxylation is 2. The Labute approximate surface area is 321 Å². The Morgan fingerprint density at radius 3 is 1.96 bits per heavy atom. The summed E-state index contributed by atoms with van der Waals surface area (Å²) in [5.74, 6) is 1.90. The van der Waals surface area contributed by atoms with Crippen molar-refractivity contribution in [1.82, 2.24) is 4.57 Å². The maximum atomic E-state index is 7.02. The summed E-state index contributed by atoms with van der Waals surface area (Å²) < 4.78 is 9.49. The van der Waals surface area contributed by atoms with Crippen molar-refractivity contribution in [2.24, 2.45) is 0 Å². The van der Waals surface area contributed by atoms with Crippen molar-refractivity contribution in [2.45, 2.75) is 33.1 Å². The highest BCUT2D eigenvalue weighted by Gasteiger charge is 2.44. The Kier molecular flexibility index (Phi) is 6.07. The summed E-state index contributed by atoms with van der Waals surface area (Å²) in [6, 6.07) is 56.4. The molecule has 4 heteroatoms. The van der Waals surface area contributed by atoms with Gasteiger partial charge in [0.05, 0.1) is 11.2 Å². The van der Waals surface area contributed by atoms with Crippen molar-refractivity contribution < 1.29 is 4.74 Å². The van der Waals surface area contributed by atoms with Gasteiger partial charge >= 0.3 is 0 Å². The number of para-hydroxylation sites is 2. The molecule has 1 aliphatic carbocycles. The fraction of sp³-hybridized carbons (Fsp3) is 0.0980. The monoisotopic (exact) mass is 704 g/mol. The van der Waals surface area contributed by atoms with Crippen molar-refractivity contribution in [3.8, 4) is 28.3 Å². The molecule has 55 heavy (non-hydrogen) atoms. The maximum absolute atomic E-state index is 7.02. The van der Waals surface area contributed by atoms with Gasteiger partial charge in [0.2, 0.25) is 0 Å². The Balaban J connectivity index is 1.11. The zero-order valence-electron chi connectivity index (χ0n) is 31.3. The van der Waals surface area contributed by atoms with E-state index in [1.165, 1.54) is 93.7 Å². The van der Waals surface area contributed by atoms with E-state index in [1.54, 1.807) is 0 Å². The van der Waals surface area contributed by atoms with Crippen LogP contribution in [-0.4, -0.2) is 11.3 Å². The summed E-state index contributed by atoms with van der Waals surface area (Å²) in [6.07, 6.45) is 0. The number of rotatable bonds is 3. The van der Waals surface area contributed by atoms with E-state index < -0.39 is 0 Å². The standard InChI is InChI=1S/C51H37BN2O/c1-30-19-23-32(24-20-30)53(33-25-21-31(2)22-26-33)45-29-40-48(36-13-6-5-11-34(36)45)38-27-47-42(28-39(38)51(40,3)4)52-41-15-9-14-37-35-12-7-8-16-43(35)54(50(37)41)44-17-10-18-46(55-47)49(44)52/h5-29H,1-4H3. The minimum atomic E-state index is -0.264. The zero-order chi connectivity index (χ0) is 36.7. The minimum Gasteiger partial charge on any atom is -0.458 e. The molecule has 0 N–H and O–H groups in total. The molecule has 12 rings (SSSR count). The van der Waals surface area contributed by atoms with Gasteiger partial charge in [-0.05, 0) is 112 Å². The quantitative estimate of drug-likeness (QED) is 0.170. The van der Waals surface area contributed by atoms with Crippen molar-refractivity contribution in [3.63, 3.8) is 0 Å². The summed E-state index contributed by atoms with van der Waals surface area (Å²) in [6.45, 7) is 9.19. The molecule has 8 aromatic carbocycles. The van der Waals surface area contributed by atoms with Gasteiger partial charge in [0.15, 0.2) is 0 Å². The second-order valence-corrected chi connectivity index (χ2v) is 16.3. The van der Waals surface area contributed by atoms with Gasteiger partial charge in [0.1, 0.15) is 11.5 Å². The second kappa shape index (κ2) is 10.8. The lowest BCUT2D eigenvalue weighted by molar-refractivity contribution is 0.487. The van der Waals surface area contributed by atoms with Crippen LogP contribution in [0.15, 0.2) is 152 Å². The fourth-order valence-corrected chi connectivity index (χ4v) is 10.2. The smallest absolute Gasteiger partial charge is 0.256 e. The molecule has 0 saturated carbocycles. The van der Waals surface area contributed by atoms with Crippen LogP contribution in [0.2, 0.25) is 0 Å². The van der Waals surface area contributed by atoms with Crippen molar-refractivity contribution in [2.75, 3.05) is 4.90 Å². The number of aromatic nitrogens is 1. The van der Waals surface area contributed by atoms with Crippen molar-refractivity contribution >= 4 is 72.7 Å². The molecule has 0 amide bonds. The normalized spacial score (nSPS) is 14.1. The van der Waals surface area contributed by atoms with E-state index in [2.05, 4.69) is 189 Å². The summed E-state index contributed by atoms with van der Waals surface area (Å²) in [4.78, 5) is 2.44. The summed E-state index contributed by atoms with van der Waals surface area (Å²) in [5, 5.41) is 5.08. The van der Waals surface area contributed by atoms with Crippen LogP contribution in [0, 0.1) is 13.8 Å². The van der Waals surface area contributed by atoms with E-state index in [0.29, 0.717) is 0 Å². The first-order valence-corrected chi connectivity index (χ1v) is 19.4. The number of nitrogens with zero attached hydrogens (tertiary/aromatic N) is 2. The second-order valence-electron chi connectivity index (χ2n) is 16.3. The third-order valence-corrected chi connectivity index (χ3v) is 12.8. The molecule has 1 aromatic heterocycles. The predicted molar refractivity (Wildman–Crippen MR) is 231 cm³/mol. The lowest BCUT2D eigenvalue weighted by Gasteiger charge is -2.34. The third-order valence-electron chi connectivity index (χ3n) is 12.8. The number of fused-ring (bicyclic) bond motifs is 12. The van der Waals surface area contributed by atoms with Crippen LogP contribution in [0.3, 0.4) is 0 Å². The Bertz CT molecular complexity index is 3070. The fourth-order valence-electron chi connectivity index (χ4n) is 10.2. The Morgan fingerprint density at radius 2 is 1.22 bits per heavy atom. The summed E-state index contributed by atoms with van der Waals surface area (Å²) >= 11 is 0. The molecule has 0 unspecified atom stereocenters.